The minimum Gasteiger partial charge on any atom is -0.480 e. The zero-order chi connectivity index (χ0) is 11.3. The summed E-state index contributed by atoms with van der Waals surface area (Å²) >= 11 is 0. The van der Waals surface area contributed by atoms with E-state index in [0.29, 0.717) is 17.3 Å². The van der Waals surface area contributed by atoms with Crippen LogP contribution in [0.3, 0.4) is 0 Å². The maximum atomic E-state index is 10.8. The molecule has 0 saturated carbocycles. The van der Waals surface area contributed by atoms with Gasteiger partial charge in [0.05, 0.1) is 25.6 Å². The standard InChI is InChI=1S/C10H12N2O3/c1-14-9(13)6-4-7-3-5-8(11)10(12-7)15-2/h3-6H,11H2,1-2H3. The molecular weight excluding hydrogens is 196 g/mol. The maximum Gasteiger partial charge on any atom is 0.330 e. The molecule has 0 amide bonds. The smallest absolute Gasteiger partial charge is 0.330 e. The minimum absolute atomic E-state index is 0.335. The SMILES string of the molecule is COC(=O)C=Cc1ccc(N)c(OC)n1. The van der Waals surface area contributed by atoms with Crippen molar-refractivity contribution in [3.63, 3.8) is 0 Å². The van der Waals surface area contributed by atoms with Gasteiger partial charge in [0.1, 0.15) is 0 Å². The van der Waals surface area contributed by atoms with Gasteiger partial charge in [0.2, 0.25) is 5.88 Å². The largest absolute Gasteiger partial charge is 0.480 e. The maximum absolute atomic E-state index is 10.8. The molecule has 2 N–H and O–H groups in total. The Bertz CT molecular complexity index is 388. The van der Waals surface area contributed by atoms with Crippen LogP contribution < -0.4 is 10.5 Å². The summed E-state index contributed by atoms with van der Waals surface area (Å²) in [5.74, 6) is -0.102. The lowest BCUT2D eigenvalue weighted by Crippen LogP contribution is -1.97. The van der Waals surface area contributed by atoms with Crippen molar-refractivity contribution in [2.75, 3.05) is 20.0 Å². The normalized spacial score (nSPS) is 10.3. The first-order valence-electron chi connectivity index (χ1n) is 4.24. The van der Waals surface area contributed by atoms with Crippen LogP contribution in [0.5, 0.6) is 5.88 Å². The summed E-state index contributed by atoms with van der Waals surface area (Å²) in [5.41, 5.74) is 6.61. The second-order valence-electron chi connectivity index (χ2n) is 2.69. The van der Waals surface area contributed by atoms with E-state index in [9.17, 15) is 4.79 Å². The number of pyridine rings is 1. The van der Waals surface area contributed by atoms with Crippen LogP contribution in [0, 0.1) is 0 Å². The zero-order valence-corrected chi connectivity index (χ0v) is 8.56. The van der Waals surface area contributed by atoms with Crippen molar-refractivity contribution < 1.29 is 14.3 Å². The highest BCUT2D eigenvalue weighted by Crippen LogP contribution is 2.18. The van der Waals surface area contributed by atoms with E-state index in [4.69, 9.17) is 10.5 Å². The molecule has 1 aromatic heterocycles. The van der Waals surface area contributed by atoms with E-state index in [1.807, 2.05) is 0 Å². The topological polar surface area (TPSA) is 74.4 Å². The van der Waals surface area contributed by atoms with E-state index in [1.165, 1.54) is 26.4 Å². The molecule has 0 spiro atoms. The van der Waals surface area contributed by atoms with E-state index in [2.05, 4.69) is 9.72 Å². The highest BCUT2D eigenvalue weighted by atomic mass is 16.5. The lowest BCUT2D eigenvalue weighted by molar-refractivity contribution is -0.134. The van der Waals surface area contributed by atoms with Crippen molar-refractivity contribution in [3.8, 4) is 5.88 Å². The van der Waals surface area contributed by atoms with Crippen LogP contribution >= 0.6 is 0 Å². The summed E-state index contributed by atoms with van der Waals surface area (Å²) in [6.07, 6.45) is 2.80. The van der Waals surface area contributed by atoms with Crippen molar-refractivity contribution >= 4 is 17.7 Å². The summed E-state index contributed by atoms with van der Waals surface area (Å²) in [6, 6.07) is 3.33. The van der Waals surface area contributed by atoms with Crippen LogP contribution in [-0.4, -0.2) is 25.2 Å². The van der Waals surface area contributed by atoms with Crippen molar-refractivity contribution in [2.24, 2.45) is 0 Å². The van der Waals surface area contributed by atoms with Crippen LogP contribution in [0.2, 0.25) is 0 Å². The Balaban J connectivity index is 2.87. The predicted octanol–water partition coefficient (Wildman–Crippen LogP) is 0.859. The first-order valence-corrected chi connectivity index (χ1v) is 4.24. The molecule has 0 radical (unpaired) electrons. The fourth-order valence-electron chi connectivity index (χ4n) is 0.943. The number of anilines is 1. The van der Waals surface area contributed by atoms with E-state index in [0.717, 1.165) is 0 Å². The molecule has 0 aromatic carbocycles. The van der Waals surface area contributed by atoms with Crippen molar-refractivity contribution in [3.05, 3.63) is 23.9 Å². The van der Waals surface area contributed by atoms with Gasteiger partial charge in [-0.05, 0) is 18.2 Å². The molecule has 0 fully saturated rings. The summed E-state index contributed by atoms with van der Waals surface area (Å²) in [6.45, 7) is 0. The molecule has 1 rings (SSSR count). The lowest BCUT2D eigenvalue weighted by atomic mass is 10.3. The zero-order valence-electron chi connectivity index (χ0n) is 8.56. The summed E-state index contributed by atoms with van der Waals surface area (Å²) in [7, 11) is 2.79. The molecule has 0 unspecified atom stereocenters. The summed E-state index contributed by atoms with van der Waals surface area (Å²) in [4.78, 5) is 14.9. The highest BCUT2D eigenvalue weighted by molar-refractivity contribution is 5.86. The second kappa shape index (κ2) is 4.99. The van der Waals surface area contributed by atoms with Gasteiger partial charge >= 0.3 is 5.97 Å². The van der Waals surface area contributed by atoms with Gasteiger partial charge < -0.3 is 15.2 Å². The minimum atomic E-state index is -0.437. The Morgan fingerprint density at radius 3 is 2.80 bits per heavy atom. The second-order valence-corrected chi connectivity index (χ2v) is 2.69. The van der Waals surface area contributed by atoms with Crippen molar-refractivity contribution in [1.82, 2.24) is 4.98 Å². The number of hydrogen-bond donors (Lipinski definition) is 1. The van der Waals surface area contributed by atoms with E-state index in [-0.39, 0.29) is 0 Å². The Morgan fingerprint density at radius 2 is 2.20 bits per heavy atom. The van der Waals surface area contributed by atoms with Gasteiger partial charge in [-0.1, -0.05) is 0 Å². The molecule has 15 heavy (non-hydrogen) atoms. The number of esters is 1. The molecule has 1 heterocycles. The molecule has 0 aliphatic carbocycles. The Kier molecular flexibility index (Phi) is 3.68. The molecular formula is C10H12N2O3. The first-order chi connectivity index (χ1) is 7.17. The third kappa shape index (κ3) is 2.98. The van der Waals surface area contributed by atoms with E-state index < -0.39 is 5.97 Å². The van der Waals surface area contributed by atoms with Gasteiger partial charge in [-0.2, -0.15) is 0 Å². The van der Waals surface area contributed by atoms with Crippen LogP contribution in [0.15, 0.2) is 18.2 Å². The number of hydrogen-bond acceptors (Lipinski definition) is 5. The number of nitrogens with zero attached hydrogens (tertiary/aromatic N) is 1. The first kappa shape index (κ1) is 11.0. The van der Waals surface area contributed by atoms with Gasteiger partial charge in [0.25, 0.3) is 0 Å². The number of carbonyl (C=O) groups excluding carboxylic acids is 1. The van der Waals surface area contributed by atoms with E-state index in [1.54, 1.807) is 12.1 Å². The molecule has 5 heteroatoms. The fourth-order valence-corrected chi connectivity index (χ4v) is 0.943. The number of ether oxygens (including phenoxy) is 2. The number of aromatic nitrogens is 1. The average molecular weight is 208 g/mol. The van der Waals surface area contributed by atoms with Gasteiger partial charge in [0.15, 0.2) is 0 Å². The van der Waals surface area contributed by atoms with Crippen LogP contribution in [0.4, 0.5) is 5.69 Å². The van der Waals surface area contributed by atoms with Crippen LogP contribution in [0.25, 0.3) is 6.08 Å². The fraction of sp³-hybridized carbons (Fsp3) is 0.200. The molecule has 80 valence electrons. The Morgan fingerprint density at radius 1 is 1.47 bits per heavy atom. The van der Waals surface area contributed by atoms with Gasteiger partial charge in [0, 0.05) is 6.08 Å². The number of carbonyl (C=O) groups is 1. The molecule has 0 saturated heterocycles. The lowest BCUT2D eigenvalue weighted by Gasteiger charge is -2.02. The molecule has 0 aliphatic rings. The number of nitrogen functional groups attached to an aromatic ring is 1. The quantitative estimate of drug-likeness (QED) is 0.589. The van der Waals surface area contributed by atoms with Crippen molar-refractivity contribution in [1.29, 1.82) is 0 Å². The Labute approximate surface area is 87.5 Å². The van der Waals surface area contributed by atoms with Crippen molar-refractivity contribution in [2.45, 2.75) is 0 Å². The van der Waals surface area contributed by atoms with Gasteiger partial charge in [-0.15, -0.1) is 0 Å². The van der Waals surface area contributed by atoms with Crippen LogP contribution in [0.1, 0.15) is 5.69 Å². The molecule has 0 aliphatic heterocycles. The predicted molar refractivity (Wildman–Crippen MR) is 56.3 cm³/mol. The third-order valence-corrected chi connectivity index (χ3v) is 1.70. The summed E-state index contributed by atoms with van der Waals surface area (Å²) in [5, 5.41) is 0. The summed E-state index contributed by atoms with van der Waals surface area (Å²) < 4.78 is 9.38. The number of rotatable bonds is 3. The Hall–Kier alpha value is -2.04. The van der Waals surface area contributed by atoms with E-state index >= 15 is 0 Å². The number of methoxy groups -OCH3 is 2. The molecule has 0 atom stereocenters. The van der Waals surface area contributed by atoms with Crippen LogP contribution in [-0.2, 0) is 9.53 Å². The highest BCUT2D eigenvalue weighted by Gasteiger charge is 2.00. The van der Waals surface area contributed by atoms with Gasteiger partial charge in [-0.3, -0.25) is 0 Å². The average Bonchev–Trinajstić information content (AvgIpc) is 2.27. The third-order valence-electron chi connectivity index (χ3n) is 1.70. The van der Waals surface area contributed by atoms with Gasteiger partial charge in [-0.25, -0.2) is 9.78 Å². The number of nitrogens with two attached hydrogens (primary N) is 1. The molecule has 1 aromatic rings. The molecule has 0 bridgehead atoms. The monoisotopic (exact) mass is 208 g/mol. The molecule has 5 nitrogen and oxygen atoms in total.